The maximum absolute atomic E-state index is 13.5. The van der Waals surface area contributed by atoms with Crippen LogP contribution in [0.15, 0.2) is 54.6 Å². The Morgan fingerprint density at radius 1 is 1.20 bits per heavy atom. The van der Waals surface area contributed by atoms with E-state index in [1.165, 1.54) is 5.56 Å². The number of fused-ring (bicyclic) bond motifs is 1. The van der Waals surface area contributed by atoms with Gasteiger partial charge in [-0.3, -0.25) is 10.1 Å². The Bertz CT molecular complexity index is 1020. The van der Waals surface area contributed by atoms with Crippen LogP contribution in [0.3, 0.4) is 0 Å². The maximum Gasteiger partial charge on any atom is 0.270 e. The molecular weight excluding hydrogens is 390 g/mol. The minimum atomic E-state index is -0.262. The topological polar surface area (TPSA) is 48.1 Å². The van der Waals surface area contributed by atoms with Crippen molar-refractivity contribution in [2.45, 2.75) is 57.0 Å². The fourth-order valence-electron chi connectivity index (χ4n) is 4.72. The molecule has 1 saturated carbocycles. The van der Waals surface area contributed by atoms with Crippen LogP contribution in [-0.2, 0) is 6.54 Å². The average molecular weight is 422 g/mol. The molecule has 4 nitrogen and oxygen atoms in total. The number of carbonyl (C=O) groups excluding carboxylic acids is 1. The quantitative estimate of drug-likeness (QED) is 0.374. The number of hydrogen-bond acceptors (Lipinski definition) is 3. The van der Waals surface area contributed by atoms with Gasteiger partial charge in [-0.2, -0.15) is 12.6 Å². The van der Waals surface area contributed by atoms with Gasteiger partial charge in [-0.15, -0.1) is 0 Å². The van der Waals surface area contributed by atoms with E-state index in [1.54, 1.807) is 0 Å². The van der Waals surface area contributed by atoms with E-state index in [4.69, 9.17) is 12.6 Å². The van der Waals surface area contributed by atoms with Gasteiger partial charge in [0.2, 0.25) is 0 Å². The Morgan fingerprint density at radius 3 is 2.67 bits per heavy atom. The molecule has 0 aliphatic heterocycles. The molecule has 0 radical (unpaired) electrons. The Morgan fingerprint density at radius 2 is 1.93 bits per heavy atom. The van der Waals surface area contributed by atoms with Crippen LogP contribution >= 0.6 is 12.6 Å². The van der Waals surface area contributed by atoms with Crippen LogP contribution in [0.2, 0.25) is 0 Å². The van der Waals surface area contributed by atoms with E-state index >= 15 is 0 Å². The molecule has 1 aliphatic rings. The molecule has 30 heavy (non-hydrogen) atoms. The smallest absolute Gasteiger partial charge is 0.270 e. The first-order chi connectivity index (χ1) is 14.5. The summed E-state index contributed by atoms with van der Waals surface area (Å²) in [5.41, 5.74) is 4.02. The normalized spacial score (nSPS) is 21.6. The van der Waals surface area contributed by atoms with Gasteiger partial charge < -0.3 is 9.88 Å². The van der Waals surface area contributed by atoms with Crippen molar-refractivity contribution in [3.8, 4) is 0 Å². The monoisotopic (exact) mass is 421 g/mol. The molecule has 0 saturated heterocycles. The van der Waals surface area contributed by atoms with Gasteiger partial charge in [0.15, 0.2) is 0 Å². The Kier molecular flexibility index (Phi) is 6.21. The second-order valence-electron chi connectivity index (χ2n) is 8.38. The number of nitrogens with one attached hydrogen (secondary N) is 2. The number of H-pyrrole nitrogens is 1. The number of para-hydroxylation sites is 1. The number of thiol groups is 1. The number of nitrogens with zero attached hydrogens (tertiary/aromatic N) is 1. The van der Waals surface area contributed by atoms with Gasteiger partial charge in [0, 0.05) is 30.0 Å². The molecule has 2 aromatic carbocycles. The van der Waals surface area contributed by atoms with E-state index in [-0.39, 0.29) is 16.8 Å². The third-order valence-electron chi connectivity index (χ3n) is 6.39. The lowest BCUT2D eigenvalue weighted by molar-refractivity contribution is 0.0611. The molecule has 1 heterocycles. The Balaban J connectivity index is 1.50. The van der Waals surface area contributed by atoms with Gasteiger partial charge in [-0.1, -0.05) is 48.5 Å². The molecule has 1 fully saturated rings. The first-order valence-electron chi connectivity index (χ1n) is 10.9. The summed E-state index contributed by atoms with van der Waals surface area (Å²) in [6.07, 6.45) is 3.94. The molecule has 2 N–H and O–H groups in total. The molecule has 1 aliphatic carbocycles. The van der Waals surface area contributed by atoms with E-state index in [0.29, 0.717) is 12.2 Å². The third-order valence-corrected chi connectivity index (χ3v) is 6.95. The highest BCUT2D eigenvalue weighted by atomic mass is 32.1. The van der Waals surface area contributed by atoms with Gasteiger partial charge in [-0.05, 0) is 56.7 Å². The van der Waals surface area contributed by atoms with Crippen LogP contribution in [0.5, 0.6) is 0 Å². The van der Waals surface area contributed by atoms with Crippen LogP contribution in [-0.4, -0.2) is 33.2 Å². The number of aromatic amines is 1. The highest BCUT2D eigenvalue weighted by molar-refractivity contribution is 7.81. The zero-order valence-corrected chi connectivity index (χ0v) is 18.7. The van der Waals surface area contributed by atoms with E-state index < -0.39 is 0 Å². The van der Waals surface area contributed by atoms with Crippen molar-refractivity contribution in [2.24, 2.45) is 0 Å². The van der Waals surface area contributed by atoms with Gasteiger partial charge in [0.1, 0.15) is 5.69 Å². The molecule has 158 valence electrons. The molecule has 2 atom stereocenters. The molecule has 1 unspecified atom stereocenters. The maximum atomic E-state index is 13.5. The molecule has 0 bridgehead atoms. The Hall–Kier alpha value is -2.24. The van der Waals surface area contributed by atoms with E-state index in [1.807, 2.05) is 36.1 Å². The number of amides is 1. The van der Waals surface area contributed by atoms with Crippen LogP contribution in [0, 0.1) is 6.92 Å². The van der Waals surface area contributed by atoms with Crippen molar-refractivity contribution in [2.75, 3.05) is 6.54 Å². The van der Waals surface area contributed by atoms with Gasteiger partial charge in [0.05, 0.1) is 4.87 Å². The summed E-state index contributed by atoms with van der Waals surface area (Å²) in [6, 6.07) is 18.7. The van der Waals surface area contributed by atoms with Crippen LogP contribution in [0.1, 0.15) is 54.2 Å². The zero-order valence-electron chi connectivity index (χ0n) is 17.8. The summed E-state index contributed by atoms with van der Waals surface area (Å²) >= 11 is 5.03. The van der Waals surface area contributed by atoms with E-state index in [9.17, 15) is 4.79 Å². The highest BCUT2D eigenvalue weighted by Gasteiger charge is 2.37. The fourth-order valence-corrected chi connectivity index (χ4v) is 5.17. The first-order valence-corrected chi connectivity index (χ1v) is 11.3. The lowest BCUT2D eigenvalue weighted by atomic mass is 9.88. The average Bonchev–Trinajstić information content (AvgIpc) is 3.10. The van der Waals surface area contributed by atoms with Crippen LogP contribution in [0.4, 0.5) is 0 Å². The summed E-state index contributed by atoms with van der Waals surface area (Å²) < 4.78 is 0. The zero-order chi connectivity index (χ0) is 21.1. The molecule has 0 spiro atoms. The molecular formula is C25H31N3OS. The van der Waals surface area contributed by atoms with Gasteiger partial charge in [0.25, 0.3) is 5.91 Å². The van der Waals surface area contributed by atoms with Crippen molar-refractivity contribution < 1.29 is 4.79 Å². The summed E-state index contributed by atoms with van der Waals surface area (Å²) in [4.78, 5) is 18.6. The van der Waals surface area contributed by atoms with Crippen molar-refractivity contribution in [3.63, 3.8) is 0 Å². The Labute approximate surface area is 184 Å². The standard InChI is InChI=1S/C25H31N3OS/c1-3-28(24(29)23-18(2)21-13-7-8-14-22(21)27-23)20-12-9-15-25(30,16-20)26-17-19-10-5-4-6-11-19/h4-8,10-11,13-14,20,26-27,30H,3,9,12,15-17H2,1-2H3/t20-,25?/m0/s1. The number of aromatic nitrogens is 1. The van der Waals surface area contributed by atoms with E-state index in [0.717, 1.165) is 48.7 Å². The second kappa shape index (κ2) is 8.86. The predicted octanol–water partition coefficient (Wildman–Crippen LogP) is 5.30. The molecule has 3 aromatic rings. The number of hydrogen-bond donors (Lipinski definition) is 3. The minimum Gasteiger partial charge on any atom is -0.350 e. The number of carbonyl (C=O) groups is 1. The van der Waals surface area contributed by atoms with Gasteiger partial charge >= 0.3 is 0 Å². The van der Waals surface area contributed by atoms with Crippen molar-refractivity contribution in [1.29, 1.82) is 0 Å². The summed E-state index contributed by atoms with van der Waals surface area (Å²) in [5, 5.41) is 4.77. The fraction of sp³-hybridized carbons (Fsp3) is 0.400. The molecule has 1 aromatic heterocycles. The van der Waals surface area contributed by atoms with E-state index in [2.05, 4.69) is 47.6 Å². The number of benzene rings is 2. The van der Waals surface area contributed by atoms with Crippen molar-refractivity contribution >= 4 is 29.4 Å². The molecule has 4 rings (SSSR count). The summed E-state index contributed by atoms with van der Waals surface area (Å²) in [6.45, 7) is 5.59. The largest absolute Gasteiger partial charge is 0.350 e. The van der Waals surface area contributed by atoms with Crippen LogP contribution in [0.25, 0.3) is 10.9 Å². The summed E-state index contributed by atoms with van der Waals surface area (Å²) in [7, 11) is 0. The minimum absolute atomic E-state index is 0.0943. The van der Waals surface area contributed by atoms with Gasteiger partial charge in [-0.25, -0.2) is 0 Å². The number of aryl methyl sites for hydroxylation is 1. The highest BCUT2D eigenvalue weighted by Crippen LogP contribution is 2.35. The van der Waals surface area contributed by atoms with Crippen molar-refractivity contribution in [3.05, 3.63) is 71.4 Å². The van der Waals surface area contributed by atoms with Crippen molar-refractivity contribution in [1.82, 2.24) is 15.2 Å². The second-order valence-corrected chi connectivity index (χ2v) is 9.24. The third kappa shape index (κ3) is 4.28. The summed E-state index contributed by atoms with van der Waals surface area (Å²) in [5.74, 6) is 0.0943. The molecule has 5 heteroatoms. The lowest BCUT2D eigenvalue weighted by Gasteiger charge is -2.42. The molecule has 1 amide bonds. The SMILES string of the molecule is CCN(C(=O)c1[nH]c2ccccc2c1C)[C@H]1CCCC(S)(NCc2ccccc2)C1. The first kappa shape index (κ1) is 21.0. The number of rotatable bonds is 6. The lowest BCUT2D eigenvalue weighted by Crippen LogP contribution is -2.51. The van der Waals surface area contributed by atoms with Crippen LogP contribution < -0.4 is 5.32 Å². The predicted molar refractivity (Wildman–Crippen MR) is 127 cm³/mol.